The molecule has 0 atom stereocenters. The Bertz CT molecular complexity index is 275. The lowest BCUT2D eigenvalue weighted by Crippen LogP contribution is -2.23. The van der Waals surface area contributed by atoms with Gasteiger partial charge in [-0.25, -0.2) is 0 Å². The number of aryl methyl sites for hydroxylation is 1. The van der Waals surface area contributed by atoms with E-state index in [0.717, 1.165) is 16.4 Å². The summed E-state index contributed by atoms with van der Waals surface area (Å²) in [6.07, 6.45) is 0.753. The van der Waals surface area contributed by atoms with Gasteiger partial charge in [-0.15, -0.1) is 21.5 Å². The van der Waals surface area contributed by atoms with Crippen LogP contribution in [-0.4, -0.2) is 22.7 Å². The van der Waals surface area contributed by atoms with E-state index in [9.17, 15) is 0 Å². The summed E-state index contributed by atoms with van der Waals surface area (Å²) in [5.74, 6) is 0.122. The number of hydrogen-bond donors (Lipinski definition) is 2. The third kappa shape index (κ3) is 2.83. The van der Waals surface area contributed by atoms with E-state index in [4.69, 9.17) is 11.5 Å². The molecule has 66 valence electrons. The second-order valence-electron chi connectivity index (χ2n) is 2.27. The summed E-state index contributed by atoms with van der Waals surface area (Å²) in [6.45, 7) is 2.50. The highest BCUT2D eigenvalue weighted by Gasteiger charge is 1.98. The van der Waals surface area contributed by atoms with Gasteiger partial charge in [0, 0.05) is 13.0 Å². The first-order chi connectivity index (χ1) is 5.68. The predicted octanol–water partition coefficient (Wildman–Crippen LogP) is -0.338. The number of guanidine groups is 1. The van der Waals surface area contributed by atoms with E-state index < -0.39 is 0 Å². The van der Waals surface area contributed by atoms with E-state index >= 15 is 0 Å². The highest BCUT2D eigenvalue weighted by atomic mass is 32.1. The Morgan fingerprint density at radius 3 is 2.75 bits per heavy atom. The average Bonchev–Trinajstić information content (AvgIpc) is 2.35. The van der Waals surface area contributed by atoms with Crippen LogP contribution in [0.15, 0.2) is 4.99 Å². The molecule has 1 rings (SSSR count). The lowest BCUT2D eigenvalue weighted by Gasteiger charge is -1.90. The third-order valence-electron chi connectivity index (χ3n) is 1.19. The minimum Gasteiger partial charge on any atom is -0.370 e. The molecule has 6 heteroatoms. The predicted molar refractivity (Wildman–Crippen MR) is 49.0 cm³/mol. The first-order valence-electron chi connectivity index (χ1n) is 3.53. The van der Waals surface area contributed by atoms with Crippen molar-refractivity contribution in [2.24, 2.45) is 16.5 Å². The number of rotatable bonds is 3. The number of nitrogens with two attached hydrogens (primary N) is 2. The second kappa shape index (κ2) is 4.01. The average molecular weight is 185 g/mol. The molecule has 0 amide bonds. The minimum absolute atomic E-state index is 0.122. The van der Waals surface area contributed by atoms with E-state index in [1.54, 1.807) is 11.3 Å². The summed E-state index contributed by atoms with van der Waals surface area (Å²) in [4.78, 5) is 3.84. The maximum atomic E-state index is 5.16. The van der Waals surface area contributed by atoms with Gasteiger partial charge >= 0.3 is 0 Å². The molecule has 0 aliphatic heterocycles. The van der Waals surface area contributed by atoms with Gasteiger partial charge < -0.3 is 11.5 Å². The van der Waals surface area contributed by atoms with Gasteiger partial charge in [-0.2, -0.15) is 0 Å². The van der Waals surface area contributed by atoms with Gasteiger partial charge in [-0.3, -0.25) is 4.99 Å². The van der Waals surface area contributed by atoms with E-state index in [1.165, 1.54) is 0 Å². The summed E-state index contributed by atoms with van der Waals surface area (Å²) < 4.78 is 0. The molecule has 4 N–H and O–H groups in total. The summed E-state index contributed by atoms with van der Waals surface area (Å²) >= 11 is 1.57. The van der Waals surface area contributed by atoms with Crippen LogP contribution in [0.4, 0.5) is 0 Å². The normalized spacial score (nSPS) is 9.75. The molecular formula is C6H11N5S. The van der Waals surface area contributed by atoms with Crippen molar-refractivity contribution < 1.29 is 0 Å². The molecule has 0 aliphatic carbocycles. The monoisotopic (exact) mass is 185 g/mol. The molecule has 1 heterocycles. The fourth-order valence-corrected chi connectivity index (χ4v) is 1.42. The van der Waals surface area contributed by atoms with Crippen molar-refractivity contribution in [3.05, 3.63) is 10.0 Å². The molecule has 0 saturated carbocycles. The molecule has 1 aromatic rings. The van der Waals surface area contributed by atoms with Gasteiger partial charge in [0.05, 0.1) is 0 Å². The van der Waals surface area contributed by atoms with Crippen molar-refractivity contribution in [3.8, 4) is 0 Å². The molecule has 0 spiro atoms. The molecule has 0 bridgehead atoms. The molecular weight excluding hydrogens is 174 g/mol. The molecule has 1 aromatic heterocycles. The SMILES string of the molecule is Cc1nnc(CCN=C(N)N)s1. The van der Waals surface area contributed by atoms with Gasteiger partial charge in [0.25, 0.3) is 0 Å². The first kappa shape index (κ1) is 8.92. The van der Waals surface area contributed by atoms with E-state index in [0.29, 0.717) is 6.54 Å². The Morgan fingerprint density at radius 2 is 2.25 bits per heavy atom. The standard InChI is InChI=1S/C6H11N5S/c1-4-10-11-5(12-4)2-3-9-6(7)8/h2-3H2,1H3,(H4,7,8,9). The fraction of sp³-hybridized carbons (Fsp3) is 0.500. The van der Waals surface area contributed by atoms with Crippen molar-refractivity contribution in [1.82, 2.24) is 10.2 Å². The molecule has 0 saturated heterocycles. The Hall–Kier alpha value is -1.17. The Labute approximate surface area is 74.5 Å². The van der Waals surface area contributed by atoms with Crippen LogP contribution in [-0.2, 0) is 6.42 Å². The van der Waals surface area contributed by atoms with Crippen LogP contribution < -0.4 is 11.5 Å². The fourth-order valence-electron chi connectivity index (χ4n) is 0.719. The number of aliphatic imine (C=N–C) groups is 1. The van der Waals surface area contributed by atoms with E-state index in [1.807, 2.05) is 6.92 Å². The van der Waals surface area contributed by atoms with Crippen LogP contribution in [0.2, 0.25) is 0 Å². The molecule has 0 unspecified atom stereocenters. The Morgan fingerprint density at radius 1 is 1.50 bits per heavy atom. The minimum atomic E-state index is 0.122. The van der Waals surface area contributed by atoms with Crippen molar-refractivity contribution in [2.75, 3.05) is 6.54 Å². The molecule has 0 aliphatic rings. The van der Waals surface area contributed by atoms with Crippen molar-refractivity contribution >= 4 is 17.3 Å². The third-order valence-corrected chi connectivity index (χ3v) is 2.09. The molecule has 0 fully saturated rings. The summed E-state index contributed by atoms with van der Waals surface area (Å²) in [6, 6.07) is 0. The van der Waals surface area contributed by atoms with Crippen LogP contribution in [0.5, 0.6) is 0 Å². The molecule has 12 heavy (non-hydrogen) atoms. The summed E-state index contributed by atoms with van der Waals surface area (Å²) in [5.41, 5.74) is 10.3. The highest BCUT2D eigenvalue weighted by Crippen LogP contribution is 2.07. The van der Waals surface area contributed by atoms with Gasteiger partial charge in [0.2, 0.25) is 0 Å². The van der Waals surface area contributed by atoms with Crippen molar-refractivity contribution in [1.29, 1.82) is 0 Å². The van der Waals surface area contributed by atoms with Crippen LogP contribution in [0, 0.1) is 6.92 Å². The van der Waals surface area contributed by atoms with Crippen LogP contribution in [0.1, 0.15) is 10.0 Å². The Balaban J connectivity index is 2.38. The summed E-state index contributed by atoms with van der Waals surface area (Å²) in [7, 11) is 0. The maximum absolute atomic E-state index is 5.16. The maximum Gasteiger partial charge on any atom is 0.185 e. The van der Waals surface area contributed by atoms with Crippen LogP contribution in [0.25, 0.3) is 0 Å². The highest BCUT2D eigenvalue weighted by molar-refractivity contribution is 7.11. The number of nitrogens with zero attached hydrogens (tertiary/aromatic N) is 3. The first-order valence-corrected chi connectivity index (χ1v) is 4.34. The molecule has 0 radical (unpaired) electrons. The van der Waals surface area contributed by atoms with Gasteiger partial charge in [0.15, 0.2) is 5.96 Å². The van der Waals surface area contributed by atoms with E-state index in [-0.39, 0.29) is 5.96 Å². The van der Waals surface area contributed by atoms with E-state index in [2.05, 4.69) is 15.2 Å². The largest absolute Gasteiger partial charge is 0.370 e. The van der Waals surface area contributed by atoms with Crippen molar-refractivity contribution in [2.45, 2.75) is 13.3 Å². The van der Waals surface area contributed by atoms with Gasteiger partial charge in [-0.05, 0) is 6.92 Å². The summed E-state index contributed by atoms with van der Waals surface area (Å²) in [5, 5.41) is 9.74. The van der Waals surface area contributed by atoms with Gasteiger partial charge in [-0.1, -0.05) is 0 Å². The quantitative estimate of drug-likeness (QED) is 0.498. The van der Waals surface area contributed by atoms with Gasteiger partial charge in [0.1, 0.15) is 10.0 Å². The smallest absolute Gasteiger partial charge is 0.185 e. The molecule has 0 aromatic carbocycles. The lowest BCUT2D eigenvalue weighted by atomic mass is 10.5. The second-order valence-corrected chi connectivity index (χ2v) is 3.54. The number of aromatic nitrogens is 2. The molecule has 5 nitrogen and oxygen atoms in total. The zero-order chi connectivity index (χ0) is 8.97. The zero-order valence-electron chi connectivity index (χ0n) is 6.82. The zero-order valence-corrected chi connectivity index (χ0v) is 7.64. The topological polar surface area (TPSA) is 90.2 Å². The van der Waals surface area contributed by atoms with Crippen LogP contribution in [0.3, 0.4) is 0 Å². The number of hydrogen-bond acceptors (Lipinski definition) is 4. The Kier molecular flexibility index (Phi) is 2.98. The van der Waals surface area contributed by atoms with Crippen molar-refractivity contribution in [3.63, 3.8) is 0 Å². The van der Waals surface area contributed by atoms with Crippen LogP contribution >= 0.6 is 11.3 Å². The lowest BCUT2D eigenvalue weighted by molar-refractivity contribution is 0.903.